The number of hydrogen-bond donors (Lipinski definition) is 1. The molecule has 0 amide bonds. The molecule has 0 bridgehead atoms. The fourth-order valence-electron chi connectivity index (χ4n) is 4.03. The van der Waals surface area contributed by atoms with E-state index in [1.165, 1.54) is 0 Å². The molecule has 3 aromatic heterocycles. The summed E-state index contributed by atoms with van der Waals surface area (Å²) in [7, 11) is 0. The van der Waals surface area contributed by atoms with E-state index in [2.05, 4.69) is 42.5 Å². The van der Waals surface area contributed by atoms with Gasteiger partial charge in [0.15, 0.2) is 11.5 Å². The molecule has 0 fully saturated rings. The van der Waals surface area contributed by atoms with Crippen LogP contribution in [0.1, 0.15) is 43.2 Å². The maximum Gasteiger partial charge on any atom is 0.227 e. The van der Waals surface area contributed by atoms with Crippen molar-refractivity contribution in [2.24, 2.45) is 5.41 Å². The molecule has 0 saturated heterocycles. The van der Waals surface area contributed by atoms with Gasteiger partial charge in [0.25, 0.3) is 0 Å². The van der Waals surface area contributed by atoms with Crippen molar-refractivity contribution in [1.82, 2.24) is 14.8 Å². The number of nitrogens with zero attached hydrogens (tertiary/aromatic N) is 3. The Morgan fingerprint density at radius 3 is 2.89 bits per heavy atom. The van der Waals surface area contributed by atoms with E-state index in [4.69, 9.17) is 9.52 Å². The molecule has 0 saturated carbocycles. The summed E-state index contributed by atoms with van der Waals surface area (Å²) in [4.78, 5) is 18.9. The second kappa shape index (κ2) is 5.66. The molecule has 0 spiro atoms. The van der Waals surface area contributed by atoms with Gasteiger partial charge in [-0.2, -0.15) is 4.98 Å². The lowest BCUT2D eigenvalue weighted by atomic mass is 9.73. The van der Waals surface area contributed by atoms with Gasteiger partial charge in [0.1, 0.15) is 6.04 Å². The Morgan fingerprint density at radius 1 is 1.33 bits per heavy atom. The molecule has 1 aliphatic heterocycles. The van der Waals surface area contributed by atoms with Crippen molar-refractivity contribution in [1.29, 1.82) is 0 Å². The van der Waals surface area contributed by atoms with Gasteiger partial charge in [0.2, 0.25) is 11.8 Å². The summed E-state index contributed by atoms with van der Waals surface area (Å²) in [6.45, 7) is 6.35. The van der Waals surface area contributed by atoms with Gasteiger partial charge in [-0.25, -0.2) is 4.68 Å². The van der Waals surface area contributed by atoms with Gasteiger partial charge in [0.05, 0.1) is 6.26 Å². The van der Waals surface area contributed by atoms with Gasteiger partial charge < -0.3 is 9.73 Å². The number of rotatable bonds is 2. The highest BCUT2D eigenvalue weighted by atomic mass is 32.1. The number of aryl methyl sites for hydroxylation is 1. The van der Waals surface area contributed by atoms with E-state index in [1.54, 1.807) is 17.6 Å². The minimum atomic E-state index is -0.240. The van der Waals surface area contributed by atoms with Crippen LogP contribution in [-0.2, 0) is 4.79 Å². The SMILES string of the molecule is Cc1ccsc1C1C2=C(CC(C)(C)CC2=O)Nc2nc(-c3ccco3)nn21. The lowest BCUT2D eigenvalue weighted by Gasteiger charge is -2.38. The van der Waals surface area contributed by atoms with Crippen molar-refractivity contribution < 1.29 is 9.21 Å². The molecular weight excluding hydrogens is 360 g/mol. The molecule has 138 valence electrons. The summed E-state index contributed by atoms with van der Waals surface area (Å²) in [6, 6.07) is 5.51. The summed E-state index contributed by atoms with van der Waals surface area (Å²) < 4.78 is 7.31. The number of furan rings is 1. The van der Waals surface area contributed by atoms with E-state index in [1.807, 2.05) is 16.8 Å². The van der Waals surface area contributed by atoms with Crippen LogP contribution >= 0.6 is 11.3 Å². The average molecular weight is 380 g/mol. The molecule has 0 aromatic carbocycles. The number of carbonyl (C=O) groups excluding carboxylic acids is 1. The summed E-state index contributed by atoms with van der Waals surface area (Å²) in [5, 5.41) is 10.2. The minimum absolute atomic E-state index is 0.0655. The Hall–Kier alpha value is -2.67. The van der Waals surface area contributed by atoms with E-state index in [0.717, 1.165) is 28.1 Å². The monoisotopic (exact) mass is 380 g/mol. The van der Waals surface area contributed by atoms with E-state index < -0.39 is 0 Å². The summed E-state index contributed by atoms with van der Waals surface area (Å²) in [6.07, 6.45) is 2.97. The van der Waals surface area contributed by atoms with Crippen molar-refractivity contribution in [3.63, 3.8) is 0 Å². The lowest BCUT2D eigenvalue weighted by Crippen LogP contribution is -2.36. The van der Waals surface area contributed by atoms with Crippen LogP contribution in [0, 0.1) is 12.3 Å². The van der Waals surface area contributed by atoms with Crippen molar-refractivity contribution in [3.8, 4) is 11.6 Å². The summed E-state index contributed by atoms with van der Waals surface area (Å²) in [5.41, 5.74) is 2.89. The van der Waals surface area contributed by atoms with Crippen molar-refractivity contribution >= 4 is 23.1 Å². The normalized spacial score (nSPS) is 21.0. The van der Waals surface area contributed by atoms with Crippen molar-refractivity contribution in [2.45, 2.75) is 39.7 Å². The Kier molecular flexibility index (Phi) is 3.46. The number of nitrogens with one attached hydrogen (secondary N) is 1. The van der Waals surface area contributed by atoms with Crippen LogP contribution in [0.15, 0.2) is 45.5 Å². The van der Waals surface area contributed by atoms with Gasteiger partial charge >= 0.3 is 0 Å². The second-order valence-corrected chi connectivity index (χ2v) is 8.96. The number of thiophene rings is 1. The lowest BCUT2D eigenvalue weighted by molar-refractivity contribution is -0.118. The van der Waals surface area contributed by atoms with Gasteiger partial charge in [-0.1, -0.05) is 13.8 Å². The number of carbonyl (C=O) groups is 1. The largest absolute Gasteiger partial charge is 0.461 e. The molecule has 1 N–H and O–H groups in total. The van der Waals surface area contributed by atoms with Crippen molar-refractivity contribution in [2.75, 3.05) is 5.32 Å². The number of fused-ring (bicyclic) bond motifs is 1. The van der Waals surface area contributed by atoms with E-state index >= 15 is 0 Å². The Morgan fingerprint density at radius 2 is 2.19 bits per heavy atom. The Balaban J connectivity index is 1.71. The highest BCUT2D eigenvalue weighted by molar-refractivity contribution is 7.10. The first-order chi connectivity index (χ1) is 12.9. The summed E-state index contributed by atoms with van der Waals surface area (Å²) >= 11 is 1.66. The quantitative estimate of drug-likeness (QED) is 0.705. The zero-order valence-electron chi connectivity index (χ0n) is 15.4. The number of aromatic nitrogens is 3. The molecule has 7 heteroatoms. The van der Waals surface area contributed by atoms with Crippen LogP contribution in [-0.4, -0.2) is 20.5 Å². The number of hydrogen-bond acceptors (Lipinski definition) is 6. The zero-order chi connectivity index (χ0) is 18.8. The molecule has 1 unspecified atom stereocenters. The highest BCUT2D eigenvalue weighted by Crippen LogP contribution is 2.47. The van der Waals surface area contributed by atoms with Crippen LogP contribution in [0.2, 0.25) is 0 Å². The first kappa shape index (κ1) is 16.5. The molecule has 6 nitrogen and oxygen atoms in total. The fourth-order valence-corrected chi connectivity index (χ4v) is 5.05. The number of Topliss-reactive ketones (excluding diaryl/α,β-unsaturated/α-hetero) is 1. The van der Waals surface area contributed by atoms with Gasteiger partial charge in [-0.05, 0) is 47.9 Å². The van der Waals surface area contributed by atoms with E-state index in [9.17, 15) is 4.79 Å². The summed E-state index contributed by atoms with van der Waals surface area (Å²) in [5.74, 6) is 1.98. The first-order valence-corrected chi connectivity index (χ1v) is 9.88. The third-order valence-corrected chi connectivity index (χ3v) is 6.29. The van der Waals surface area contributed by atoms with Crippen LogP contribution in [0.5, 0.6) is 0 Å². The van der Waals surface area contributed by atoms with Gasteiger partial charge in [-0.15, -0.1) is 16.4 Å². The smallest absolute Gasteiger partial charge is 0.227 e. The van der Waals surface area contributed by atoms with Crippen LogP contribution < -0.4 is 5.32 Å². The second-order valence-electron chi connectivity index (χ2n) is 8.01. The standard InChI is InChI=1S/C20H20N4O2S/c1-11-6-8-27-17(11)16-15-12(9-20(2,3)10-13(15)25)21-19-22-18(23-24(16)19)14-5-4-7-26-14/h4-8,16H,9-10H2,1-3H3,(H,21,22,23). The third-order valence-electron chi connectivity index (χ3n) is 5.22. The minimum Gasteiger partial charge on any atom is -0.461 e. The molecule has 5 rings (SSSR count). The third kappa shape index (κ3) is 2.56. The average Bonchev–Trinajstić information content (AvgIpc) is 3.31. The molecule has 3 aromatic rings. The number of ketones is 1. The topological polar surface area (TPSA) is 73.0 Å². The van der Waals surface area contributed by atoms with E-state index in [-0.39, 0.29) is 17.2 Å². The van der Waals surface area contributed by atoms with Crippen LogP contribution in [0.25, 0.3) is 11.6 Å². The van der Waals surface area contributed by atoms with Crippen molar-refractivity contribution in [3.05, 3.63) is 51.6 Å². The molecule has 2 aliphatic rings. The van der Waals surface area contributed by atoms with Crippen LogP contribution in [0.3, 0.4) is 0 Å². The molecule has 0 radical (unpaired) electrons. The predicted octanol–water partition coefficient (Wildman–Crippen LogP) is 4.57. The molecular formula is C20H20N4O2S. The fraction of sp³-hybridized carbons (Fsp3) is 0.350. The Labute approximate surface area is 160 Å². The molecule has 1 atom stereocenters. The first-order valence-electron chi connectivity index (χ1n) is 9.01. The molecule has 4 heterocycles. The van der Waals surface area contributed by atoms with Crippen LogP contribution in [0.4, 0.5) is 5.95 Å². The zero-order valence-corrected chi connectivity index (χ0v) is 16.3. The van der Waals surface area contributed by atoms with Gasteiger partial charge in [-0.3, -0.25) is 4.79 Å². The Bertz CT molecular complexity index is 1070. The molecule has 1 aliphatic carbocycles. The maximum absolute atomic E-state index is 13.1. The highest BCUT2D eigenvalue weighted by Gasteiger charge is 2.42. The number of anilines is 1. The number of allylic oxidation sites excluding steroid dienone is 2. The van der Waals surface area contributed by atoms with Gasteiger partial charge in [0, 0.05) is 22.6 Å². The predicted molar refractivity (Wildman–Crippen MR) is 104 cm³/mol. The maximum atomic E-state index is 13.1. The molecule has 27 heavy (non-hydrogen) atoms. The van der Waals surface area contributed by atoms with E-state index in [0.29, 0.717) is 24.0 Å².